The van der Waals surface area contributed by atoms with Crippen molar-refractivity contribution in [2.45, 2.75) is 13.0 Å². The number of carbonyl (C=O) groups excluding carboxylic acids is 1. The lowest BCUT2D eigenvalue weighted by Crippen LogP contribution is -2.36. The standard InChI is InChI=1S/C29H30FN5O4/c1-19(37-2)18-32-29-31-10-9-27(34-29)39-26-8-7-25(23-5-3-4-6-24(23)26)33-28(36)20-15-21(30)17-22(16-20)35-11-13-38-14-12-35/h3-10,15-17,19H,11-14,18H2,1-2H3,(H,33,36)(H,31,32,34). The molecule has 4 aromatic rings. The van der Waals surface area contributed by atoms with E-state index in [2.05, 4.69) is 20.6 Å². The number of aromatic nitrogens is 2. The zero-order valence-electron chi connectivity index (χ0n) is 21.8. The number of morpholine rings is 1. The molecule has 2 N–H and O–H groups in total. The molecule has 2 heterocycles. The highest BCUT2D eigenvalue weighted by Gasteiger charge is 2.17. The third kappa shape index (κ3) is 6.42. The molecule has 0 bridgehead atoms. The maximum atomic E-state index is 14.5. The van der Waals surface area contributed by atoms with Crippen LogP contribution in [0.25, 0.3) is 10.8 Å². The summed E-state index contributed by atoms with van der Waals surface area (Å²) in [7, 11) is 1.64. The van der Waals surface area contributed by atoms with Crippen LogP contribution in [0.1, 0.15) is 17.3 Å². The van der Waals surface area contributed by atoms with Crippen molar-refractivity contribution >= 4 is 34.0 Å². The summed E-state index contributed by atoms with van der Waals surface area (Å²) in [6, 6.07) is 17.2. The Morgan fingerprint density at radius 3 is 2.69 bits per heavy atom. The number of hydrogen-bond donors (Lipinski definition) is 2. The highest BCUT2D eigenvalue weighted by atomic mass is 19.1. The number of carbonyl (C=O) groups is 1. The van der Waals surface area contributed by atoms with Gasteiger partial charge >= 0.3 is 0 Å². The molecule has 0 aliphatic carbocycles. The van der Waals surface area contributed by atoms with Crippen LogP contribution in [0.5, 0.6) is 11.6 Å². The number of hydrogen-bond acceptors (Lipinski definition) is 8. The molecule has 0 spiro atoms. The molecule has 10 heteroatoms. The van der Waals surface area contributed by atoms with Gasteiger partial charge in [-0.15, -0.1) is 0 Å². The second-order valence-corrected chi connectivity index (χ2v) is 9.16. The number of halogens is 1. The van der Waals surface area contributed by atoms with Crippen molar-refractivity contribution in [2.75, 3.05) is 55.5 Å². The van der Waals surface area contributed by atoms with Crippen LogP contribution >= 0.6 is 0 Å². The average molecular weight is 532 g/mol. The summed E-state index contributed by atoms with van der Waals surface area (Å²) in [6.45, 7) is 4.92. The summed E-state index contributed by atoms with van der Waals surface area (Å²) in [5, 5.41) is 7.62. The Labute approximate surface area is 225 Å². The van der Waals surface area contributed by atoms with E-state index in [0.717, 1.165) is 10.8 Å². The molecule has 1 atom stereocenters. The van der Waals surface area contributed by atoms with Gasteiger partial charge in [0.25, 0.3) is 5.91 Å². The molecular weight excluding hydrogens is 501 g/mol. The predicted octanol–water partition coefficient (Wildman–Crippen LogP) is 5.10. The number of methoxy groups -OCH3 is 1. The number of fused-ring (bicyclic) bond motifs is 1. The van der Waals surface area contributed by atoms with E-state index >= 15 is 0 Å². The first-order valence-electron chi connectivity index (χ1n) is 12.7. The molecule has 1 aromatic heterocycles. The van der Waals surface area contributed by atoms with E-state index in [1.807, 2.05) is 36.1 Å². The fraction of sp³-hybridized carbons (Fsp3) is 0.276. The fourth-order valence-corrected chi connectivity index (χ4v) is 4.29. The van der Waals surface area contributed by atoms with Crippen LogP contribution in [0.4, 0.5) is 21.7 Å². The summed E-state index contributed by atoms with van der Waals surface area (Å²) in [5.74, 6) is 0.498. The van der Waals surface area contributed by atoms with Gasteiger partial charge in [-0.05, 0) is 37.3 Å². The highest BCUT2D eigenvalue weighted by molar-refractivity contribution is 6.10. The minimum atomic E-state index is -0.465. The first kappa shape index (κ1) is 26.3. The van der Waals surface area contributed by atoms with Gasteiger partial charge in [0.2, 0.25) is 11.8 Å². The van der Waals surface area contributed by atoms with Crippen molar-refractivity contribution in [1.82, 2.24) is 9.97 Å². The molecule has 1 amide bonds. The quantitative estimate of drug-likeness (QED) is 0.308. The van der Waals surface area contributed by atoms with Gasteiger partial charge in [-0.2, -0.15) is 4.98 Å². The maximum Gasteiger partial charge on any atom is 0.255 e. The molecule has 39 heavy (non-hydrogen) atoms. The van der Waals surface area contributed by atoms with E-state index < -0.39 is 11.7 Å². The number of ether oxygens (including phenoxy) is 3. The number of nitrogens with zero attached hydrogens (tertiary/aromatic N) is 3. The smallest absolute Gasteiger partial charge is 0.255 e. The summed E-state index contributed by atoms with van der Waals surface area (Å²) in [4.78, 5) is 23.9. The molecule has 1 unspecified atom stereocenters. The van der Waals surface area contributed by atoms with Crippen molar-refractivity contribution in [1.29, 1.82) is 0 Å². The molecule has 1 aliphatic heterocycles. The molecule has 0 radical (unpaired) electrons. The third-order valence-electron chi connectivity index (χ3n) is 6.45. The lowest BCUT2D eigenvalue weighted by atomic mass is 10.1. The molecule has 1 fully saturated rings. The van der Waals surface area contributed by atoms with E-state index in [1.165, 1.54) is 12.1 Å². The normalized spacial score (nSPS) is 14.2. The lowest BCUT2D eigenvalue weighted by molar-refractivity contribution is 0.102. The van der Waals surface area contributed by atoms with Crippen molar-refractivity contribution in [2.24, 2.45) is 0 Å². The van der Waals surface area contributed by atoms with Gasteiger partial charge in [0, 0.05) is 66.7 Å². The SMILES string of the molecule is COC(C)CNc1nccc(Oc2ccc(NC(=O)c3cc(F)cc(N4CCOCC4)c3)c3ccccc23)n1. The minimum absolute atomic E-state index is 0.00297. The zero-order valence-corrected chi connectivity index (χ0v) is 21.8. The lowest BCUT2D eigenvalue weighted by Gasteiger charge is -2.29. The van der Waals surface area contributed by atoms with Gasteiger partial charge in [0.1, 0.15) is 11.6 Å². The molecule has 3 aromatic carbocycles. The monoisotopic (exact) mass is 531 g/mol. The molecular formula is C29H30FN5O4. The van der Waals surface area contributed by atoms with E-state index in [4.69, 9.17) is 14.2 Å². The van der Waals surface area contributed by atoms with Crippen LogP contribution in [-0.2, 0) is 9.47 Å². The number of amides is 1. The van der Waals surface area contributed by atoms with Crippen LogP contribution in [0, 0.1) is 5.82 Å². The zero-order chi connectivity index (χ0) is 27.2. The van der Waals surface area contributed by atoms with Crippen LogP contribution in [0.2, 0.25) is 0 Å². The second-order valence-electron chi connectivity index (χ2n) is 9.16. The van der Waals surface area contributed by atoms with Crippen LogP contribution < -0.4 is 20.3 Å². The van der Waals surface area contributed by atoms with Crippen LogP contribution in [0.15, 0.2) is 66.9 Å². The van der Waals surface area contributed by atoms with Crippen molar-refractivity contribution in [3.05, 3.63) is 78.2 Å². The van der Waals surface area contributed by atoms with E-state index in [9.17, 15) is 9.18 Å². The summed E-state index contributed by atoms with van der Waals surface area (Å²) >= 11 is 0. The van der Waals surface area contributed by atoms with Gasteiger partial charge < -0.3 is 29.7 Å². The molecule has 0 saturated carbocycles. The maximum absolute atomic E-state index is 14.5. The van der Waals surface area contributed by atoms with Crippen LogP contribution in [0.3, 0.4) is 0 Å². The Bertz CT molecular complexity index is 1460. The Hall–Kier alpha value is -4.28. The van der Waals surface area contributed by atoms with Gasteiger partial charge in [-0.1, -0.05) is 24.3 Å². The second kappa shape index (κ2) is 12.1. The van der Waals surface area contributed by atoms with Crippen LogP contribution in [-0.4, -0.2) is 61.9 Å². The molecule has 1 aliphatic rings. The Balaban J connectivity index is 1.36. The van der Waals surface area contributed by atoms with Gasteiger partial charge in [-0.3, -0.25) is 4.79 Å². The van der Waals surface area contributed by atoms with Gasteiger partial charge in [-0.25, -0.2) is 9.37 Å². The van der Waals surface area contributed by atoms with Gasteiger partial charge in [0.05, 0.1) is 19.3 Å². The Morgan fingerprint density at radius 1 is 1.10 bits per heavy atom. The Kier molecular flexibility index (Phi) is 8.14. The molecule has 9 nitrogen and oxygen atoms in total. The first-order chi connectivity index (χ1) is 19.0. The minimum Gasteiger partial charge on any atom is -0.438 e. The largest absolute Gasteiger partial charge is 0.438 e. The molecule has 202 valence electrons. The predicted molar refractivity (Wildman–Crippen MR) is 148 cm³/mol. The van der Waals surface area contributed by atoms with E-state index in [-0.39, 0.29) is 11.7 Å². The van der Waals surface area contributed by atoms with E-state index in [0.29, 0.717) is 61.8 Å². The average Bonchev–Trinajstić information content (AvgIpc) is 2.97. The molecule has 1 saturated heterocycles. The number of nitrogens with one attached hydrogen (secondary N) is 2. The highest BCUT2D eigenvalue weighted by Crippen LogP contribution is 2.34. The van der Waals surface area contributed by atoms with Crippen molar-refractivity contribution in [3.8, 4) is 11.6 Å². The fourth-order valence-electron chi connectivity index (χ4n) is 4.29. The topological polar surface area (TPSA) is 97.8 Å². The number of anilines is 3. The van der Waals surface area contributed by atoms with Gasteiger partial charge in [0.15, 0.2) is 0 Å². The summed E-state index contributed by atoms with van der Waals surface area (Å²) < 4.78 is 31.2. The van der Waals surface area contributed by atoms with Crippen molar-refractivity contribution in [3.63, 3.8) is 0 Å². The van der Waals surface area contributed by atoms with E-state index in [1.54, 1.807) is 37.6 Å². The summed E-state index contributed by atoms with van der Waals surface area (Å²) in [5.41, 5.74) is 1.48. The number of benzene rings is 3. The van der Waals surface area contributed by atoms with Crippen molar-refractivity contribution < 1.29 is 23.4 Å². The number of rotatable bonds is 9. The molecule has 5 rings (SSSR count). The first-order valence-corrected chi connectivity index (χ1v) is 12.7. The Morgan fingerprint density at radius 2 is 1.90 bits per heavy atom. The third-order valence-corrected chi connectivity index (χ3v) is 6.45. The summed E-state index contributed by atoms with van der Waals surface area (Å²) in [6.07, 6.45) is 1.62.